The first kappa shape index (κ1) is 17.0. The number of nitrogens with zero attached hydrogens (tertiary/aromatic N) is 2. The molecular formula is C18H18FN3O3. The Labute approximate surface area is 144 Å². The summed E-state index contributed by atoms with van der Waals surface area (Å²) in [4.78, 5) is 17.0. The average molecular weight is 343 g/mol. The van der Waals surface area contributed by atoms with E-state index in [1.54, 1.807) is 32.2 Å². The lowest BCUT2D eigenvalue weighted by Gasteiger charge is -2.08. The number of amides is 1. The van der Waals surface area contributed by atoms with Gasteiger partial charge in [0.05, 0.1) is 22.3 Å². The van der Waals surface area contributed by atoms with Crippen molar-refractivity contribution in [1.82, 2.24) is 15.5 Å². The lowest BCUT2D eigenvalue weighted by Crippen LogP contribution is -2.25. The molecule has 7 heteroatoms. The van der Waals surface area contributed by atoms with Crippen LogP contribution in [0.3, 0.4) is 0 Å². The standard InChI is InChI=1S/C18H18FN3O3/c1-11-16-14(17(23)20-8-3-9-24-2)10-15(21-18(16)25-22-11)12-4-6-13(19)7-5-12/h4-7,10H,3,8-9H2,1-2H3,(H,20,23). The highest BCUT2D eigenvalue weighted by Crippen LogP contribution is 2.27. The normalized spacial score (nSPS) is 11.0. The molecule has 0 atom stereocenters. The predicted molar refractivity (Wildman–Crippen MR) is 90.8 cm³/mol. The molecule has 6 nitrogen and oxygen atoms in total. The highest BCUT2D eigenvalue weighted by atomic mass is 19.1. The molecule has 1 N–H and O–H groups in total. The Hall–Kier alpha value is -2.80. The zero-order valence-corrected chi connectivity index (χ0v) is 14.0. The predicted octanol–water partition coefficient (Wildman–Crippen LogP) is 3.10. The number of carbonyl (C=O) groups is 1. The Balaban J connectivity index is 1.98. The van der Waals surface area contributed by atoms with E-state index in [0.29, 0.717) is 47.5 Å². The van der Waals surface area contributed by atoms with E-state index in [2.05, 4.69) is 15.5 Å². The molecule has 0 aliphatic rings. The summed E-state index contributed by atoms with van der Waals surface area (Å²) in [5, 5.41) is 7.33. The molecule has 0 unspecified atom stereocenters. The Morgan fingerprint density at radius 3 is 2.80 bits per heavy atom. The van der Waals surface area contributed by atoms with Crippen molar-refractivity contribution >= 4 is 17.0 Å². The zero-order chi connectivity index (χ0) is 17.8. The van der Waals surface area contributed by atoms with Gasteiger partial charge in [-0.2, -0.15) is 0 Å². The third-order valence-electron chi connectivity index (χ3n) is 3.81. The van der Waals surface area contributed by atoms with Gasteiger partial charge >= 0.3 is 0 Å². The highest BCUT2D eigenvalue weighted by Gasteiger charge is 2.19. The average Bonchev–Trinajstić information content (AvgIpc) is 2.99. The van der Waals surface area contributed by atoms with Crippen molar-refractivity contribution in [3.63, 3.8) is 0 Å². The van der Waals surface area contributed by atoms with Crippen LogP contribution in [-0.2, 0) is 4.74 Å². The number of aryl methyl sites for hydroxylation is 1. The van der Waals surface area contributed by atoms with E-state index in [4.69, 9.17) is 9.26 Å². The molecule has 0 aliphatic carbocycles. The molecule has 1 aromatic carbocycles. The summed E-state index contributed by atoms with van der Waals surface area (Å²) in [7, 11) is 1.61. The minimum absolute atomic E-state index is 0.238. The van der Waals surface area contributed by atoms with Gasteiger partial charge in [0.1, 0.15) is 5.82 Å². The number of nitrogens with one attached hydrogen (secondary N) is 1. The minimum atomic E-state index is -0.337. The van der Waals surface area contributed by atoms with Gasteiger partial charge in [0.2, 0.25) is 0 Å². The van der Waals surface area contributed by atoms with Crippen LogP contribution in [0.2, 0.25) is 0 Å². The van der Waals surface area contributed by atoms with Crippen LogP contribution in [0.5, 0.6) is 0 Å². The third kappa shape index (κ3) is 3.66. The number of hydrogen-bond acceptors (Lipinski definition) is 5. The van der Waals surface area contributed by atoms with E-state index >= 15 is 0 Å². The summed E-state index contributed by atoms with van der Waals surface area (Å²) in [6.45, 7) is 2.82. The lowest BCUT2D eigenvalue weighted by atomic mass is 10.0. The fourth-order valence-electron chi connectivity index (χ4n) is 2.56. The summed E-state index contributed by atoms with van der Waals surface area (Å²) < 4.78 is 23.4. The Morgan fingerprint density at radius 2 is 2.08 bits per heavy atom. The number of halogens is 1. The van der Waals surface area contributed by atoms with Crippen LogP contribution in [-0.4, -0.2) is 36.3 Å². The minimum Gasteiger partial charge on any atom is -0.385 e. The molecule has 0 radical (unpaired) electrons. The van der Waals surface area contributed by atoms with Crippen molar-refractivity contribution in [2.45, 2.75) is 13.3 Å². The molecule has 1 amide bonds. The number of aromatic nitrogens is 2. The van der Waals surface area contributed by atoms with E-state index in [9.17, 15) is 9.18 Å². The van der Waals surface area contributed by atoms with Crippen molar-refractivity contribution in [2.24, 2.45) is 0 Å². The second-order valence-electron chi connectivity index (χ2n) is 5.61. The highest BCUT2D eigenvalue weighted by molar-refractivity contribution is 6.06. The van der Waals surface area contributed by atoms with Gasteiger partial charge in [-0.15, -0.1) is 0 Å². The van der Waals surface area contributed by atoms with E-state index in [1.807, 2.05) is 0 Å². The molecular weight excluding hydrogens is 325 g/mol. The number of benzene rings is 1. The van der Waals surface area contributed by atoms with Crippen LogP contribution in [0.15, 0.2) is 34.9 Å². The topological polar surface area (TPSA) is 77.2 Å². The smallest absolute Gasteiger partial charge is 0.259 e. The lowest BCUT2D eigenvalue weighted by molar-refractivity contribution is 0.0950. The van der Waals surface area contributed by atoms with E-state index in [-0.39, 0.29) is 17.4 Å². The fraction of sp³-hybridized carbons (Fsp3) is 0.278. The molecule has 0 aliphatic heterocycles. The van der Waals surface area contributed by atoms with Crippen LogP contribution in [0.4, 0.5) is 4.39 Å². The molecule has 3 aromatic rings. The SMILES string of the molecule is COCCCNC(=O)c1cc(-c2ccc(F)cc2)nc2onc(C)c12. The summed E-state index contributed by atoms with van der Waals surface area (Å²) in [6.07, 6.45) is 0.712. The van der Waals surface area contributed by atoms with Crippen molar-refractivity contribution in [3.8, 4) is 11.3 Å². The molecule has 25 heavy (non-hydrogen) atoms. The first-order chi connectivity index (χ1) is 12.1. The molecule has 130 valence electrons. The van der Waals surface area contributed by atoms with Gasteiger partial charge in [0.25, 0.3) is 11.6 Å². The summed E-state index contributed by atoms with van der Waals surface area (Å²) in [5.41, 5.74) is 2.51. The maximum absolute atomic E-state index is 13.1. The molecule has 0 spiro atoms. The van der Waals surface area contributed by atoms with Crippen molar-refractivity contribution in [2.75, 3.05) is 20.3 Å². The van der Waals surface area contributed by atoms with Gasteiger partial charge in [-0.05, 0) is 43.7 Å². The summed E-state index contributed by atoms with van der Waals surface area (Å²) >= 11 is 0. The quantitative estimate of drug-likeness (QED) is 0.696. The van der Waals surface area contributed by atoms with Crippen molar-refractivity contribution in [1.29, 1.82) is 0 Å². The number of carbonyl (C=O) groups excluding carboxylic acids is 1. The number of pyridine rings is 1. The van der Waals surface area contributed by atoms with Crippen LogP contribution < -0.4 is 5.32 Å². The van der Waals surface area contributed by atoms with Crippen LogP contribution in [0.25, 0.3) is 22.4 Å². The monoisotopic (exact) mass is 343 g/mol. The van der Waals surface area contributed by atoms with Gasteiger partial charge in [0.15, 0.2) is 0 Å². The number of methoxy groups -OCH3 is 1. The maximum atomic E-state index is 13.1. The van der Waals surface area contributed by atoms with Crippen molar-refractivity contribution in [3.05, 3.63) is 47.4 Å². The number of rotatable bonds is 6. The second-order valence-corrected chi connectivity index (χ2v) is 5.61. The van der Waals surface area contributed by atoms with Gasteiger partial charge in [-0.1, -0.05) is 5.16 Å². The number of ether oxygens (including phenoxy) is 1. The Bertz CT molecular complexity index is 890. The van der Waals surface area contributed by atoms with Crippen LogP contribution in [0.1, 0.15) is 22.5 Å². The Kier molecular flexibility index (Phi) is 5.04. The second kappa shape index (κ2) is 7.40. The van der Waals surface area contributed by atoms with Crippen LogP contribution in [0, 0.1) is 12.7 Å². The maximum Gasteiger partial charge on any atom is 0.259 e. The molecule has 3 rings (SSSR count). The fourth-order valence-corrected chi connectivity index (χ4v) is 2.56. The molecule has 0 fully saturated rings. The van der Waals surface area contributed by atoms with E-state index < -0.39 is 0 Å². The molecule has 0 saturated heterocycles. The van der Waals surface area contributed by atoms with Crippen LogP contribution >= 0.6 is 0 Å². The largest absolute Gasteiger partial charge is 0.385 e. The van der Waals surface area contributed by atoms with E-state index in [1.165, 1.54) is 12.1 Å². The third-order valence-corrected chi connectivity index (χ3v) is 3.81. The first-order valence-electron chi connectivity index (χ1n) is 7.90. The molecule has 0 bridgehead atoms. The van der Waals surface area contributed by atoms with E-state index in [0.717, 1.165) is 0 Å². The first-order valence-corrected chi connectivity index (χ1v) is 7.90. The van der Waals surface area contributed by atoms with Gasteiger partial charge in [-0.3, -0.25) is 4.79 Å². The number of fused-ring (bicyclic) bond motifs is 1. The Morgan fingerprint density at radius 1 is 1.32 bits per heavy atom. The molecule has 2 heterocycles. The van der Waals surface area contributed by atoms with Gasteiger partial charge in [0, 0.05) is 25.8 Å². The molecule has 0 saturated carbocycles. The number of hydrogen-bond donors (Lipinski definition) is 1. The zero-order valence-electron chi connectivity index (χ0n) is 14.0. The molecule has 2 aromatic heterocycles. The van der Waals surface area contributed by atoms with Crippen molar-refractivity contribution < 1.29 is 18.4 Å². The van der Waals surface area contributed by atoms with Gasteiger partial charge in [-0.25, -0.2) is 9.37 Å². The van der Waals surface area contributed by atoms with Gasteiger partial charge < -0.3 is 14.6 Å². The summed E-state index contributed by atoms with van der Waals surface area (Å²) in [5.74, 6) is -0.574. The summed E-state index contributed by atoms with van der Waals surface area (Å²) in [6, 6.07) is 7.57.